The minimum Gasteiger partial charge on any atom is -0.390 e. The van der Waals surface area contributed by atoms with Crippen molar-refractivity contribution in [2.45, 2.75) is 30.4 Å². The van der Waals surface area contributed by atoms with Crippen molar-refractivity contribution >= 4 is 28.9 Å². The molecule has 0 bridgehead atoms. The summed E-state index contributed by atoms with van der Waals surface area (Å²) in [5, 5.41) is 12.6. The first-order valence-electron chi connectivity index (χ1n) is 9.75. The number of carbonyl (C=O) groups is 1. The van der Waals surface area contributed by atoms with Gasteiger partial charge in [-0.1, -0.05) is 18.4 Å². The number of aromatic amines is 1. The van der Waals surface area contributed by atoms with Gasteiger partial charge in [-0.15, -0.1) is 0 Å². The van der Waals surface area contributed by atoms with Crippen LogP contribution in [0.25, 0.3) is 0 Å². The first-order valence-corrected chi connectivity index (χ1v) is 14.5. The number of nitrogens with zero attached hydrogens (tertiary/aromatic N) is 1. The van der Waals surface area contributed by atoms with Gasteiger partial charge in [-0.3, -0.25) is 37.3 Å². The van der Waals surface area contributed by atoms with Crippen LogP contribution in [-0.2, 0) is 36.6 Å². The Morgan fingerprint density at radius 3 is 2.69 bits per heavy atom. The van der Waals surface area contributed by atoms with Gasteiger partial charge in [0.1, 0.15) is 17.9 Å². The largest absolute Gasteiger partial charge is 0.479 e. The Kier molecular flexibility index (Phi) is 8.41. The Hall–Kier alpha value is -2.18. The lowest BCUT2D eigenvalue weighted by Crippen LogP contribution is -2.33. The quantitative estimate of drug-likeness (QED) is 0.0868. The van der Waals surface area contributed by atoms with Crippen LogP contribution in [0.2, 0.25) is 0 Å². The zero-order valence-corrected chi connectivity index (χ0v) is 20.6. The van der Waals surface area contributed by atoms with Crippen molar-refractivity contribution in [2.24, 2.45) is 0 Å². The molecule has 2 fully saturated rings. The molecular weight excluding hydrogens is 551 g/mol. The fourth-order valence-corrected chi connectivity index (χ4v) is 8.12. The van der Waals surface area contributed by atoms with Gasteiger partial charge in [0.25, 0.3) is 11.1 Å². The molecule has 3 rings (SSSR count). The molecule has 2 saturated heterocycles. The van der Waals surface area contributed by atoms with E-state index >= 15 is 0 Å². The summed E-state index contributed by atoms with van der Waals surface area (Å²) in [7, 11) is -14.9. The number of nitrogens with one attached hydrogen (secondary N) is 2. The molecule has 7 atom stereocenters. The summed E-state index contributed by atoms with van der Waals surface area (Å²) < 4.78 is 54.0. The number of aliphatic hydroxyl groups is 1. The Labute approximate surface area is 201 Å². The van der Waals surface area contributed by atoms with E-state index in [4.69, 9.17) is 9.63 Å². The molecule has 2 aliphatic heterocycles. The molecule has 0 aliphatic carbocycles. The fourth-order valence-electron chi connectivity index (χ4n) is 2.90. The fraction of sp³-hybridized carbons (Fsp3) is 0.438. The molecule has 198 valence electrons. The van der Waals surface area contributed by atoms with E-state index < -0.39 is 70.8 Å². The Balaban J connectivity index is 1.65. The third-order valence-corrected chi connectivity index (χ3v) is 10.4. The van der Waals surface area contributed by atoms with Gasteiger partial charge in [0, 0.05) is 12.6 Å². The lowest BCUT2D eigenvalue weighted by Gasteiger charge is -2.19. The standard InChI is InChI=1S/C16H20N3O14P3/c1-2-12(21)17-5-3-4-9-7-19(15(23)18-14(9)22)13-6-10(20)11(31-13)8-30-36(28,29)33-35(26,27)16-32-34(16,24)25/h2,7,10-11,13,16,20H,1,5-6,8H2,(H,17,21)(H,24,25)(H,26,27)(H,28,29)(H,18,22,23)/t10-,11+,13-,16?/m0/s1. The second-order valence-electron chi connectivity index (χ2n) is 7.27. The summed E-state index contributed by atoms with van der Waals surface area (Å²) in [6.45, 7) is 2.29. The second kappa shape index (κ2) is 10.7. The van der Waals surface area contributed by atoms with E-state index in [-0.39, 0.29) is 18.5 Å². The summed E-state index contributed by atoms with van der Waals surface area (Å²) in [4.78, 5) is 65.6. The van der Waals surface area contributed by atoms with Crippen LogP contribution in [0.5, 0.6) is 0 Å². The maximum Gasteiger partial charge on any atom is 0.479 e. The van der Waals surface area contributed by atoms with Crippen LogP contribution in [0.3, 0.4) is 0 Å². The highest BCUT2D eigenvalue weighted by Crippen LogP contribution is 2.82. The molecule has 0 radical (unpaired) electrons. The third kappa shape index (κ3) is 6.98. The Bertz CT molecular complexity index is 1380. The first kappa shape index (κ1) is 28.4. The van der Waals surface area contributed by atoms with E-state index in [0.717, 1.165) is 16.8 Å². The highest BCUT2D eigenvalue weighted by Gasteiger charge is 2.66. The van der Waals surface area contributed by atoms with Gasteiger partial charge in [-0.05, 0) is 6.08 Å². The molecule has 0 saturated carbocycles. The van der Waals surface area contributed by atoms with Gasteiger partial charge in [0.15, 0.2) is 0 Å². The number of phosphoric ester groups is 1. The number of rotatable bonds is 9. The molecule has 3 heterocycles. The molecule has 1 aromatic heterocycles. The van der Waals surface area contributed by atoms with Crippen molar-refractivity contribution < 1.29 is 56.4 Å². The van der Waals surface area contributed by atoms with Crippen LogP contribution in [-0.4, -0.2) is 66.2 Å². The van der Waals surface area contributed by atoms with E-state index in [1.54, 1.807) is 0 Å². The molecule has 17 nitrogen and oxygen atoms in total. The minimum absolute atomic E-state index is 0.117. The normalized spacial score (nSPS) is 30.3. The molecule has 1 aromatic rings. The summed E-state index contributed by atoms with van der Waals surface area (Å²) >= 11 is 0. The molecule has 0 aromatic carbocycles. The zero-order chi connectivity index (χ0) is 26.9. The minimum atomic E-state index is -5.29. The number of aromatic nitrogens is 2. The smallest absolute Gasteiger partial charge is 0.390 e. The molecule has 20 heteroatoms. The van der Waals surface area contributed by atoms with Gasteiger partial charge in [0.2, 0.25) is 5.91 Å². The van der Waals surface area contributed by atoms with Crippen LogP contribution in [0.15, 0.2) is 28.4 Å². The average Bonchev–Trinajstić information content (AvgIpc) is 3.27. The monoisotopic (exact) mass is 571 g/mol. The first-order chi connectivity index (χ1) is 16.6. The van der Waals surface area contributed by atoms with Crippen molar-refractivity contribution in [1.82, 2.24) is 14.9 Å². The SMILES string of the molecule is C=CC(=O)NCC#Cc1cn([C@@H]2C[C@H](O)[C@@H](COP(=O)(O)O[P@](=O)(O)C3OP3(=O)O)O2)c(=O)[nH]c1=O. The number of hydrogen-bond acceptors (Lipinski definition) is 11. The van der Waals surface area contributed by atoms with Crippen molar-refractivity contribution in [3.05, 3.63) is 45.3 Å². The summed E-state index contributed by atoms with van der Waals surface area (Å²) in [5.41, 5.74) is -4.10. The molecule has 3 unspecified atom stereocenters. The summed E-state index contributed by atoms with van der Waals surface area (Å²) in [6.07, 6.45) is -2.03. The van der Waals surface area contributed by atoms with Crippen LogP contribution in [0, 0.1) is 11.8 Å². The molecule has 6 N–H and O–H groups in total. The number of H-pyrrole nitrogens is 1. The molecular formula is C16H20N3O14P3. The highest BCUT2D eigenvalue weighted by atomic mass is 31.3. The maximum atomic E-state index is 12.2. The highest BCUT2D eigenvalue weighted by molar-refractivity contribution is 7.79. The van der Waals surface area contributed by atoms with Crippen molar-refractivity contribution in [3.8, 4) is 11.8 Å². The lowest BCUT2D eigenvalue weighted by molar-refractivity contribution is -0.116. The second-order valence-corrected chi connectivity index (χ2v) is 12.9. The third-order valence-electron chi connectivity index (χ3n) is 4.62. The zero-order valence-electron chi connectivity index (χ0n) is 18.0. The van der Waals surface area contributed by atoms with Crippen molar-refractivity contribution in [3.63, 3.8) is 0 Å². The van der Waals surface area contributed by atoms with E-state index in [9.17, 15) is 43.0 Å². The summed E-state index contributed by atoms with van der Waals surface area (Å²) in [6, 6.07) is 0. The maximum absolute atomic E-state index is 12.2. The van der Waals surface area contributed by atoms with Crippen LogP contribution in [0.4, 0.5) is 0 Å². The van der Waals surface area contributed by atoms with Gasteiger partial charge in [0.05, 0.1) is 19.3 Å². The van der Waals surface area contributed by atoms with Gasteiger partial charge in [-0.2, -0.15) is 0 Å². The van der Waals surface area contributed by atoms with Gasteiger partial charge >= 0.3 is 28.7 Å². The van der Waals surface area contributed by atoms with E-state index in [2.05, 4.69) is 37.1 Å². The number of hydrogen-bond donors (Lipinski definition) is 6. The average molecular weight is 571 g/mol. The number of phosphoric acid groups is 1. The van der Waals surface area contributed by atoms with Crippen molar-refractivity contribution in [2.75, 3.05) is 13.2 Å². The van der Waals surface area contributed by atoms with Gasteiger partial charge < -0.3 is 29.8 Å². The number of carbonyl (C=O) groups excluding carboxylic acids is 1. The van der Waals surface area contributed by atoms with E-state index in [0.29, 0.717) is 0 Å². The predicted molar refractivity (Wildman–Crippen MR) is 117 cm³/mol. The van der Waals surface area contributed by atoms with Crippen LogP contribution < -0.4 is 16.6 Å². The van der Waals surface area contributed by atoms with Crippen LogP contribution >= 0.6 is 23.0 Å². The molecule has 36 heavy (non-hydrogen) atoms. The van der Waals surface area contributed by atoms with Crippen LogP contribution in [0.1, 0.15) is 18.2 Å². The topological polar surface area (TPSA) is 256 Å². The lowest BCUT2D eigenvalue weighted by atomic mass is 10.2. The molecule has 2 aliphatic rings. The summed E-state index contributed by atoms with van der Waals surface area (Å²) in [5.74, 6) is 4.48. The predicted octanol–water partition coefficient (Wildman–Crippen LogP) is -1.34. The van der Waals surface area contributed by atoms with Gasteiger partial charge in [-0.25, -0.2) is 13.7 Å². The van der Waals surface area contributed by atoms with E-state index in [1.807, 2.05) is 4.98 Å². The van der Waals surface area contributed by atoms with Crippen molar-refractivity contribution in [1.29, 1.82) is 0 Å². The number of ether oxygens (including phenoxy) is 1. The number of amides is 1. The number of aliphatic hydroxyl groups excluding tert-OH is 1. The van der Waals surface area contributed by atoms with E-state index in [1.165, 1.54) is 0 Å². The molecule has 1 amide bonds. The Morgan fingerprint density at radius 1 is 1.42 bits per heavy atom. The molecule has 0 spiro atoms. The Morgan fingerprint density at radius 2 is 2.08 bits per heavy atom.